The molecule has 0 saturated carbocycles. The highest BCUT2D eigenvalue weighted by atomic mass is 35.5. The van der Waals surface area contributed by atoms with Gasteiger partial charge in [-0.3, -0.25) is 9.36 Å². The Morgan fingerprint density at radius 2 is 2.33 bits per heavy atom. The van der Waals surface area contributed by atoms with Crippen LogP contribution in [0.3, 0.4) is 0 Å². The van der Waals surface area contributed by atoms with E-state index in [9.17, 15) is 9.18 Å². The molecule has 0 fully saturated rings. The highest BCUT2D eigenvalue weighted by molar-refractivity contribution is 7.99. The molecule has 0 atom stereocenters. The third-order valence-electron chi connectivity index (χ3n) is 2.02. The summed E-state index contributed by atoms with van der Waals surface area (Å²) >= 11 is 6.59. The summed E-state index contributed by atoms with van der Waals surface area (Å²) in [5.74, 6) is -1.66. The Balaban J connectivity index is 2.30. The molecule has 18 heavy (non-hydrogen) atoms. The molecule has 0 radical (unpaired) electrons. The molecule has 0 unspecified atom stereocenters. The van der Waals surface area contributed by atoms with E-state index in [4.69, 9.17) is 16.7 Å². The van der Waals surface area contributed by atoms with E-state index in [1.54, 1.807) is 6.07 Å². The standard InChI is InChI=1S/C10H7ClFN3O2S/c11-7-2-1-6(3-8(7)12)15-5-13-14-10(15)18-4-9(16)17/h1-3,5H,4H2,(H,16,17). The molecule has 0 saturated heterocycles. The van der Waals surface area contributed by atoms with Crippen molar-refractivity contribution in [1.82, 2.24) is 14.8 Å². The number of benzene rings is 1. The molecular formula is C10H7ClFN3O2S. The second kappa shape index (κ2) is 5.36. The van der Waals surface area contributed by atoms with Crippen LogP contribution in [0.1, 0.15) is 0 Å². The van der Waals surface area contributed by atoms with Crippen molar-refractivity contribution in [3.63, 3.8) is 0 Å². The number of thioether (sulfide) groups is 1. The van der Waals surface area contributed by atoms with Crippen molar-refractivity contribution in [3.8, 4) is 5.69 Å². The lowest BCUT2D eigenvalue weighted by Gasteiger charge is -2.05. The van der Waals surface area contributed by atoms with E-state index in [2.05, 4.69) is 10.2 Å². The van der Waals surface area contributed by atoms with Crippen LogP contribution in [0, 0.1) is 5.82 Å². The van der Waals surface area contributed by atoms with Crippen LogP contribution in [0.4, 0.5) is 4.39 Å². The quantitative estimate of drug-likeness (QED) is 0.874. The SMILES string of the molecule is O=C(O)CSc1nncn1-c1ccc(Cl)c(F)c1. The number of hydrogen-bond acceptors (Lipinski definition) is 4. The zero-order valence-electron chi connectivity index (χ0n) is 8.88. The number of carboxylic acids is 1. The molecule has 0 aliphatic carbocycles. The van der Waals surface area contributed by atoms with E-state index in [0.717, 1.165) is 11.8 Å². The van der Waals surface area contributed by atoms with E-state index < -0.39 is 11.8 Å². The van der Waals surface area contributed by atoms with Gasteiger partial charge in [-0.2, -0.15) is 0 Å². The minimum atomic E-state index is -0.961. The van der Waals surface area contributed by atoms with Crippen LogP contribution in [-0.2, 0) is 4.79 Å². The number of carboxylic acid groups (broad SMARTS) is 1. The Labute approximate surface area is 111 Å². The maximum absolute atomic E-state index is 13.3. The topological polar surface area (TPSA) is 68.0 Å². The van der Waals surface area contributed by atoms with Crippen molar-refractivity contribution < 1.29 is 14.3 Å². The van der Waals surface area contributed by atoms with Crippen molar-refractivity contribution in [2.45, 2.75) is 5.16 Å². The van der Waals surface area contributed by atoms with Crippen molar-refractivity contribution in [2.75, 3.05) is 5.75 Å². The predicted molar refractivity (Wildman–Crippen MR) is 64.7 cm³/mol. The molecule has 8 heteroatoms. The first-order valence-electron chi connectivity index (χ1n) is 4.78. The molecule has 0 aliphatic heterocycles. The number of hydrogen-bond donors (Lipinski definition) is 1. The molecule has 1 N–H and O–H groups in total. The summed E-state index contributed by atoms with van der Waals surface area (Å²) in [6.07, 6.45) is 1.38. The molecule has 0 bridgehead atoms. The summed E-state index contributed by atoms with van der Waals surface area (Å²) in [5, 5.41) is 16.4. The van der Waals surface area contributed by atoms with E-state index in [-0.39, 0.29) is 10.8 Å². The van der Waals surface area contributed by atoms with Crippen LogP contribution in [0.15, 0.2) is 29.7 Å². The lowest BCUT2D eigenvalue weighted by Crippen LogP contribution is -2.01. The van der Waals surface area contributed by atoms with Gasteiger partial charge in [0.25, 0.3) is 0 Å². The molecule has 2 rings (SSSR count). The Hall–Kier alpha value is -1.60. The van der Waals surface area contributed by atoms with Crippen molar-refractivity contribution >= 4 is 29.3 Å². The molecule has 1 aromatic carbocycles. The minimum Gasteiger partial charge on any atom is -0.481 e. The van der Waals surface area contributed by atoms with Gasteiger partial charge >= 0.3 is 5.97 Å². The summed E-state index contributed by atoms with van der Waals surface area (Å²) in [6.45, 7) is 0. The summed E-state index contributed by atoms with van der Waals surface area (Å²) in [4.78, 5) is 10.5. The summed E-state index contributed by atoms with van der Waals surface area (Å²) in [7, 11) is 0. The molecule has 0 aliphatic rings. The molecule has 1 heterocycles. The van der Waals surface area contributed by atoms with Gasteiger partial charge in [-0.05, 0) is 18.2 Å². The summed E-state index contributed by atoms with van der Waals surface area (Å²) in [6, 6.07) is 4.24. The first kappa shape index (κ1) is 12.8. The van der Waals surface area contributed by atoms with Crippen molar-refractivity contribution in [2.24, 2.45) is 0 Å². The lowest BCUT2D eigenvalue weighted by molar-refractivity contribution is -0.133. The Morgan fingerprint density at radius 3 is 3.00 bits per heavy atom. The summed E-state index contributed by atoms with van der Waals surface area (Å²) < 4.78 is 14.8. The van der Waals surface area contributed by atoms with Gasteiger partial charge in [0.05, 0.1) is 16.5 Å². The van der Waals surface area contributed by atoms with E-state index >= 15 is 0 Å². The zero-order chi connectivity index (χ0) is 13.1. The van der Waals surface area contributed by atoms with Crippen LogP contribution in [0.5, 0.6) is 0 Å². The number of aromatic nitrogens is 3. The zero-order valence-corrected chi connectivity index (χ0v) is 10.5. The Morgan fingerprint density at radius 1 is 1.56 bits per heavy atom. The summed E-state index contributed by atoms with van der Waals surface area (Å²) in [5.41, 5.74) is 0.481. The van der Waals surface area contributed by atoms with Gasteiger partial charge in [-0.25, -0.2) is 4.39 Å². The average molecular weight is 288 g/mol. The Bertz CT molecular complexity index is 590. The number of rotatable bonds is 4. The fraction of sp³-hybridized carbons (Fsp3) is 0.100. The van der Waals surface area contributed by atoms with Crippen LogP contribution in [0.2, 0.25) is 5.02 Å². The van der Waals surface area contributed by atoms with Gasteiger partial charge in [-0.15, -0.1) is 10.2 Å². The monoisotopic (exact) mass is 287 g/mol. The number of aliphatic carboxylic acids is 1. The van der Waals surface area contributed by atoms with E-state index in [1.807, 2.05) is 0 Å². The second-order valence-corrected chi connectivity index (χ2v) is 4.61. The van der Waals surface area contributed by atoms with Crippen LogP contribution in [0.25, 0.3) is 5.69 Å². The maximum Gasteiger partial charge on any atom is 0.313 e. The van der Waals surface area contributed by atoms with E-state index in [0.29, 0.717) is 10.8 Å². The molecule has 94 valence electrons. The van der Waals surface area contributed by atoms with Gasteiger partial charge in [0.15, 0.2) is 5.16 Å². The second-order valence-electron chi connectivity index (χ2n) is 3.26. The van der Waals surface area contributed by atoms with Gasteiger partial charge in [0.1, 0.15) is 12.1 Å². The predicted octanol–water partition coefficient (Wildman–Crippen LogP) is 2.24. The fourth-order valence-electron chi connectivity index (χ4n) is 1.26. The van der Waals surface area contributed by atoms with Gasteiger partial charge in [0.2, 0.25) is 0 Å². The Kier molecular flexibility index (Phi) is 3.83. The van der Waals surface area contributed by atoms with Crippen LogP contribution < -0.4 is 0 Å². The first-order valence-corrected chi connectivity index (χ1v) is 6.14. The van der Waals surface area contributed by atoms with Gasteiger partial charge in [0, 0.05) is 0 Å². The van der Waals surface area contributed by atoms with E-state index in [1.165, 1.54) is 23.0 Å². The lowest BCUT2D eigenvalue weighted by atomic mass is 10.3. The van der Waals surface area contributed by atoms with Crippen molar-refractivity contribution in [3.05, 3.63) is 35.4 Å². The van der Waals surface area contributed by atoms with Crippen LogP contribution >= 0.6 is 23.4 Å². The first-order chi connectivity index (χ1) is 8.58. The minimum absolute atomic E-state index is 0.0200. The smallest absolute Gasteiger partial charge is 0.313 e. The third kappa shape index (κ3) is 2.80. The molecule has 5 nitrogen and oxygen atoms in total. The molecule has 2 aromatic rings. The van der Waals surface area contributed by atoms with Crippen molar-refractivity contribution in [1.29, 1.82) is 0 Å². The number of carbonyl (C=O) groups is 1. The van der Waals surface area contributed by atoms with Crippen LogP contribution in [-0.4, -0.2) is 31.6 Å². The normalized spacial score (nSPS) is 10.6. The van der Waals surface area contributed by atoms with Gasteiger partial charge in [-0.1, -0.05) is 23.4 Å². The third-order valence-corrected chi connectivity index (χ3v) is 3.26. The van der Waals surface area contributed by atoms with Gasteiger partial charge < -0.3 is 5.11 Å². The highest BCUT2D eigenvalue weighted by Crippen LogP contribution is 2.22. The molecule has 1 aromatic heterocycles. The fourth-order valence-corrected chi connectivity index (χ4v) is 2.03. The largest absolute Gasteiger partial charge is 0.481 e. The average Bonchev–Trinajstić information content (AvgIpc) is 2.78. The number of nitrogens with zero attached hydrogens (tertiary/aromatic N) is 3. The number of halogens is 2. The molecule has 0 spiro atoms. The molecule has 0 amide bonds. The maximum atomic E-state index is 13.3. The molecular weight excluding hydrogens is 281 g/mol. The highest BCUT2D eigenvalue weighted by Gasteiger charge is 2.10.